The molecular formula is C12H10N4O3. The van der Waals surface area contributed by atoms with Gasteiger partial charge in [-0.3, -0.25) is 19.8 Å². The average molecular weight is 258 g/mol. The molecule has 7 nitrogen and oxygen atoms in total. The van der Waals surface area contributed by atoms with Crippen LogP contribution in [0.4, 0.5) is 10.6 Å². The normalized spacial score (nSPS) is 15.7. The minimum Gasteiger partial charge on any atom is -0.298 e. The number of urea groups is 1. The fraction of sp³-hybridized carbons (Fsp3) is 0.167. The zero-order valence-corrected chi connectivity index (χ0v) is 9.87. The number of carbonyl (C=O) groups is 3. The third-order valence-electron chi connectivity index (χ3n) is 2.94. The Labute approximate surface area is 107 Å². The average Bonchev–Trinajstić information content (AvgIpc) is 2.80. The van der Waals surface area contributed by atoms with Crippen LogP contribution in [0.3, 0.4) is 0 Å². The van der Waals surface area contributed by atoms with Gasteiger partial charge in [0, 0.05) is 30.8 Å². The molecule has 0 aromatic carbocycles. The van der Waals surface area contributed by atoms with Crippen molar-refractivity contribution in [2.45, 2.75) is 6.42 Å². The highest BCUT2D eigenvalue weighted by Crippen LogP contribution is 2.18. The van der Waals surface area contributed by atoms with Crippen LogP contribution in [0.5, 0.6) is 0 Å². The van der Waals surface area contributed by atoms with E-state index >= 15 is 0 Å². The first kappa shape index (κ1) is 11.4. The molecule has 0 atom stereocenters. The van der Waals surface area contributed by atoms with Crippen LogP contribution in [0.2, 0.25) is 0 Å². The van der Waals surface area contributed by atoms with Gasteiger partial charge in [-0.25, -0.2) is 9.31 Å². The largest absolute Gasteiger partial charge is 0.329 e. The Kier molecular flexibility index (Phi) is 2.52. The summed E-state index contributed by atoms with van der Waals surface area (Å²) in [6, 6.07) is 4.53. The van der Waals surface area contributed by atoms with Gasteiger partial charge in [-0.2, -0.15) is 0 Å². The zero-order valence-electron chi connectivity index (χ0n) is 9.87. The van der Waals surface area contributed by atoms with Crippen LogP contribution in [0, 0.1) is 0 Å². The van der Waals surface area contributed by atoms with Crippen LogP contribution in [-0.4, -0.2) is 34.4 Å². The molecule has 19 heavy (non-hydrogen) atoms. The molecule has 0 spiro atoms. The number of anilines is 1. The molecule has 96 valence electrons. The lowest BCUT2D eigenvalue weighted by Gasteiger charge is -2.23. The second-order valence-corrected chi connectivity index (χ2v) is 4.20. The Morgan fingerprint density at radius 1 is 1.32 bits per heavy atom. The Balaban J connectivity index is 1.99. The predicted molar refractivity (Wildman–Crippen MR) is 66.1 cm³/mol. The van der Waals surface area contributed by atoms with Crippen molar-refractivity contribution in [3.63, 3.8) is 0 Å². The maximum Gasteiger partial charge on any atom is 0.329 e. The second-order valence-electron chi connectivity index (χ2n) is 4.20. The van der Waals surface area contributed by atoms with Crippen LogP contribution >= 0.6 is 0 Å². The van der Waals surface area contributed by atoms with Crippen molar-refractivity contribution < 1.29 is 14.4 Å². The smallest absolute Gasteiger partial charge is 0.298 e. The van der Waals surface area contributed by atoms with Gasteiger partial charge in [0.25, 0.3) is 0 Å². The van der Waals surface area contributed by atoms with E-state index in [1.165, 1.54) is 4.90 Å². The van der Waals surface area contributed by atoms with E-state index < -0.39 is 6.03 Å². The van der Waals surface area contributed by atoms with E-state index in [4.69, 9.17) is 0 Å². The van der Waals surface area contributed by atoms with E-state index in [9.17, 15) is 14.4 Å². The molecule has 1 saturated heterocycles. The molecule has 0 radical (unpaired) electrons. The number of amides is 3. The van der Waals surface area contributed by atoms with E-state index in [2.05, 4.69) is 10.4 Å². The monoisotopic (exact) mass is 258 g/mol. The van der Waals surface area contributed by atoms with Crippen molar-refractivity contribution in [2.75, 3.05) is 11.4 Å². The number of hydrogen-bond acceptors (Lipinski definition) is 4. The van der Waals surface area contributed by atoms with Gasteiger partial charge in [-0.05, 0) is 12.1 Å². The maximum atomic E-state index is 11.7. The number of aldehydes is 1. The summed E-state index contributed by atoms with van der Waals surface area (Å²) in [5.41, 5.74) is 1.25. The lowest BCUT2D eigenvalue weighted by atomic mass is 10.2. The molecule has 1 aliphatic rings. The summed E-state index contributed by atoms with van der Waals surface area (Å²) in [4.78, 5) is 34.9. The van der Waals surface area contributed by atoms with Crippen molar-refractivity contribution in [1.29, 1.82) is 0 Å². The number of hydrogen-bond donors (Lipinski definition) is 1. The second kappa shape index (κ2) is 4.20. The quantitative estimate of drug-likeness (QED) is 0.799. The molecule has 1 aliphatic heterocycles. The van der Waals surface area contributed by atoms with Gasteiger partial charge in [-0.1, -0.05) is 0 Å². The van der Waals surface area contributed by atoms with Crippen molar-refractivity contribution in [2.24, 2.45) is 0 Å². The number of pyridine rings is 1. The van der Waals surface area contributed by atoms with Crippen molar-refractivity contribution in [1.82, 2.24) is 14.9 Å². The maximum absolute atomic E-state index is 11.7. The Hall–Kier alpha value is -2.70. The predicted octanol–water partition coefficient (Wildman–Crippen LogP) is 0.593. The zero-order chi connectivity index (χ0) is 13.4. The van der Waals surface area contributed by atoms with E-state index in [0.717, 1.165) is 6.29 Å². The van der Waals surface area contributed by atoms with Gasteiger partial charge in [0.15, 0.2) is 5.82 Å². The number of nitrogens with zero attached hydrogens (tertiary/aromatic N) is 3. The standard InChI is InChI=1S/C12H10N4O3/c17-7-8-1-4-16-9(5-8)6-10(14-16)15-3-2-11(18)13-12(15)19/h1,4-7H,2-3H2,(H,13,18,19). The van der Waals surface area contributed by atoms with Gasteiger partial charge >= 0.3 is 6.03 Å². The fourth-order valence-electron chi connectivity index (χ4n) is 1.99. The first-order valence-electron chi connectivity index (χ1n) is 5.73. The molecule has 2 aromatic rings. The molecule has 3 amide bonds. The van der Waals surface area contributed by atoms with Gasteiger partial charge in [0.2, 0.25) is 5.91 Å². The summed E-state index contributed by atoms with van der Waals surface area (Å²) in [6.45, 7) is 0.301. The third-order valence-corrected chi connectivity index (χ3v) is 2.94. The molecule has 0 saturated carbocycles. The third kappa shape index (κ3) is 1.95. The van der Waals surface area contributed by atoms with Crippen LogP contribution in [0.1, 0.15) is 16.8 Å². The molecular weight excluding hydrogens is 248 g/mol. The molecule has 0 unspecified atom stereocenters. The number of aromatic nitrogens is 2. The number of carbonyl (C=O) groups excluding carboxylic acids is 3. The van der Waals surface area contributed by atoms with E-state index in [1.807, 2.05) is 0 Å². The number of fused-ring (bicyclic) bond motifs is 1. The fourth-order valence-corrected chi connectivity index (χ4v) is 1.99. The summed E-state index contributed by atoms with van der Waals surface area (Å²) < 4.78 is 1.58. The molecule has 2 aromatic heterocycles. The first-order valence-corrected chi connectivity index (χ1v) is 5.73. The Morgan fingerprint density at radius 2 is 2.16 bits per heavy atom. The van der Waals surface area contributed by atoms with E-state index in [-0.39, 0.29) is 12.3 Å². The van der Waals surface area contributed by atoms with Gasteiger partial charge in [0.05, 0.1) is 5.52 Å². The molecule has 7 heteroatoms. The number of nitrogens with one attached hydrogen (secondary N) is 1. The van der Waals surface area contributed by atoms with Crippen LogP contribution in [-0.2, 0) is 4.79 Å². The van der Waals surface area contributed by atoms with Gasteiger partial charge in [-0.15, -0.1) is 5.10 Å². The first-order chi connectivity index (χ1) is 9.17. The summed E-state index contributed by atoms with van der Waals surface area (Å²) in [5, 5.41) is 6.48. The molecule has 0 aliphatic carbocycles. The van der Waals surface area contributed by atoms with Crippen molar-refractivity contribution in [3.8, 4) is 0 Å². The molecule has 3 heterocycles. The highest BCUT2D eigenvalue weighted by Gasteiger charge is 2.25. The van der Waals surface area contributed by atoms with Gasteiger partial charge < -0.3 is 0 Å². The van der Waals surface area contributed by atoms with Crippen LogP contribution in [0.15, 0.2) is 24.4 Å². The Morgan fingerprint density at radius 3 is 2.89 bits per heavy atom. The van der Waals surface area contributed by atoms with Crippen molar-refractivity contribution >= 4 is 29.6 Å². The number of imide groups is 1. The van der Waals surface area contributed by atoms with E-state index in [1.54, 1.807) is 28.9 Å². The summed E-state index contributed by atoms with van der Waals surface area (Å²) in [5.74, 6) is 0.168. The van der Waals surface area contributed by atoms with Crippen molar-refractivity contribution in [3.05, 3.63) is 30.0 Å². The summed E-state index contributed by atoms with van der Waals surface area (Å²) in [7, 11) is 0. The lowest BCUT2D eigenvalue weighted by Crippen LogP contribution is -2.49. The molecule has 1 N–H and O–H groups in total. The van der Waals surface area contributed by atoms with Crippen LogP contribution < -0.4 is 10.2 Å². The summed E-state index contributed by atoms with van der Waals surface area (Å²) in [6.07, 6.45) is 2.65. The van der Waals surface area contributed by atoms with Gasteiger partial charge in [0.1, 0.15) is 6.29 Å². The molecule has 3 rings (SSSR count). The minimum atomic E-state index is -0.477. The topological polar surface area (TPSA) is 83.8 Å². The van der Waals surface area contributed by atoms with E-state index in [0.29, 0.717) is 23.4 Å². The highest BCUT2D eigenvalue weighted by atomic mass is 16.2. The SMILES string of the molecule is O=Cc1ccn2nc(N3CCC(=O)NC3=O)cc2c1. The van der Waals surface area contributed by atoms with Crippen LogP contribution in [0.25, 0.3) is 5.52 Å². The minimum absolute atomic E-state index is 0.249. The summed E-state index contributed by atoms with van der Waals surface area (Å²) >= 11 is 0. The highest BCUT2D eigenvalue weighted by molar-refractivity contribution is 6.05. The molecule has 0 bridgehead atoms. The number of rotatable bonds is 2. The lowest BCUT2D eigenvalue weighted by molar-refractivity contribution is -0.120. The Bertz CT molecular complexity index is 691. The molecule has 1 fully saturated rings.